The van der Waals surface area contributed by atoms with Crippen LogP contribution in [0.5, 0.6) is 0 Å². The zero-order valence-electron chi connectivity index (χ0n) is 11.7. The van der Waals surface area contributed by atoms with Crippen molar-refractivity contribution in [1.82, 2.24) is 4.90 Å². The molecule has 1 aliphatic heterocycles. The smallest absolute Gasteiger partial charge is 0.347 e. The third-order valence-corrected chi connectivity index (χ3v) is 4.30. The Balaban J connectivity index is 0.00000176. The number of hydrogen-bond acceptors (Lipinski definition) is 3. The lowest BCUT2D eigenvalue weighted by Gasteiger charge is -2.12. The zero-order valence-corrected chi connectivity index (χ0v) is 14.1. The normalized spacial score (nSPS) is 15.5. The number of halogens is 3. The molecule has 0 aliphatic carbocycles. The molecule has 0 unspecified atom stereocenters. The second kappa shape index (κ2) is 6.50. The second-order valence-electron chi connectivity index (χ2n) is 5.13. The molecule has 0 radical (unpaired) electrons. The number of likely N-dealkylation sites (N-methyl/N-ethyl adjacent to an activating group) is 1. The Morgan fingerprint density at radius 1 is 1.41 bits per heavy atom. The highest BCUT2D eigenvalue weighted by atomic mass is 35.5. The van der Waals surface area contributed by atoms with Gasteiger partial charge in [0.1, 0.15) is 16.4 Å². The van der Waals surface area contributed by atoms with Crippen LogP contribution in [0.4, 0.5) is 0 Å². The Hall–Kier alpha value is -1.20. The minimum absolute atomic E-state index is 0. The van der Waals surface area contributed by atoms with Crippen molar-refractivity contribution in [3.63, 3.8) is 0 Å². The first-order valence-electron chi connectivity index (χ1n) is 6.49. The standard InChI is InChI=1S/C15H13Cl2NO3.ClH/c1-18-5-4-8-10(16)2-3-12-14(8)9(7-18)13(21-12)6-11(17)15(19)20;/h2-3,6H,4-5,7H2,1H3,(H,19,20);1H/b11-6-;. The summed E-state index contributed by atoms with van der Waals surface area (Å²) in [6, 6.07) is 3.62. The third kappa shape index (κ3) is 2.97. The van der Waals surface area contributed by atoms with E-state index < -0.39 is 5.97 Å². The lowest BCUT2D eigenvalue weighted by Crippen LogP contribution is -2.18. The van der Waals surface area contributed by atoms with Crippen LogP contribution in [0.1, 0.15) is 16.9 Å². The second-order valence-corrected chi connectivity index (χ2v) is 5.94. The van der Waals surface area contributed by atoms with Gasteiger partial charge in [0.15, 0.2) is 0 Å². The molecule has 1 aromatic heterocycles. The van der Waals surface area contributed by atoms with Crippen molar-refractivity contribution in [3.8, 4) is 0 Å². The first kappa shape index (κ1) is 17.2. The van der Waals surface area contributed by atoms with Crippen LogP contribution in [0.3, 0.4) is 0 Å². The molecule has 0 saturated carbocycles. The van der Waals surface area contributed by atoms with E-state index in [-0.39, 0.29) is 17.4 Å². The van der Waals surface area contributed by atoms with Gasteiger partial charge in [-0.2, -0.15) is 0 Å². The van der Waals surface area contributed by atoms with E-state index >= 15 is 0 Å². The summed E-state index contributed by atoms with van der Waals surface area (Å²) in [5.74, 6) is -0.695. The molecular formula is C15H14Cl3NO3. The van der Waals surface area contributed by atoms with Crippen LogP contribution in [-0.4, -0.2) is 29.6 Å². The van der Waals surface area contributed by atoms with E-state index in [9.17, 15) is 4.79 Å². The average Bonchev–Trinajstić information content (AvgIpc) is 2.64. The first-order chi connectivity index (χ1) is 9.97. The van der Waals surface area contributed by atoms with Gasteiger partial charge in [0, 0.05) is 35.1 Å². The fourth-order valence-electron chi connectivity index (χ4n) is 2.67. The molecule has 0 spiro atoms. The predicted octanol–water partition coefficient (Wildman–Crippen LogP) is 4.16. The van der Waals surface area contributed by atoms with Crippen LogP contribution in [0.2, 0.25) is 5.02 Å². The largest absolute Gasteiger partial charge is 0.477 e. The van der Waals surface area contributed by atoms with Crippen LogP contribution >= 0.6 is 35.6 Å². The van der Waals surface area contributed by atoms with Gasteiger partial charge >= 0.3 is 5.97 Å². The van der Waals surface area contributed by atoms with Crippen molar-refractivity contribution in [1.29, 1.82) is 0 Å². The van der Waals surface area contributed by atoms with Crippen molar-refractivity contribution in [3.05, 3.63) is 39.1 Å². The minimum Gasteiger partial charge on any atom is -0.477 e. The molecule has 4 nitrogen and oxygen atoms in total. The number of nitrogens with zero attached hydrogens (tertiary/aromatic N) is 1. The van der Waals surface area contributed by atoms with Crippen LogP contribution < -0.4 is 0 Å². The van der Waals surface area contributed by atoms with Gasteiger partial charge in [-0.15, -0.1) is 12.4 Å². The summed E-state index contributed by atoms with van der Waals surface area (Å²) in [6.07, 6.45) is 2.19. The van der Waals surface area contributed by atoms with E-state index in [0.29, 0.717) is 22.9 Å². The molecule has 0 amide bonds. The van der Waals surface area contributed by atoms with E-state index in [1.807, 2.05) is 19.2 Å². The molecule has 1 aliphatic rings. The zero-order chi connectivity index (χ0) is 15.1. The maximum atomic E-state index is 10.9. The number of furan rings is 1. The molecule has 0 fully saturated rings. The Bertz CT molecular complexity index is 767. The molecule has 3 rings (SSSR count). The van der Waals surface area contributed by atoms with Gasteiger partial charge in [0.25, 0.3) is 0 Å². The molecule has 1 N–H and O–H groups in total. The lowest BCUT2D eigenvalue weighted by atomic mass is 10.0. The van der Waals surface area contributed by atoms with Crippen LogP contribution in [0.15, 0.2) is 21.6 Å². The number of carbonyl (C=O) groups is 1. The molecule has 0 atom stereocenters. The van der Waals surface area contributed by atoms with E-state index in [2.05, 4.69) is 4.90 Å². The van der Waals surface area contributed by atoms with Crippen LogP contribution in [0.25, 0.3) is 17.0 Å². The quantitative estimate of drug-likeness (QED) is 0.815. The van der Waals surface area contributed by atoms with Crippen LogP contribution in [-0.2, 0) is 17.8 Å². The van der Waals surface area contributed by atoms with Crippen molar-refractivity contribution in [2.75, 3.05) is 13.6 Å². The van der Waals surface area contributed by atoms with E-state index in [0.717, 1.165) is 29.5 Å². The van der Waals surface area contributed by atoms with Crippen molar-refractivity contribution < 1.29 is 14.3 Å². The SMILES string of the molecule is CN1CCc2c(Cl)ccc3oc(/C=C(\Cl)C(=O)O)c(c23)C1.Cl. The third-order valence-electron chi connectivity index (χ3n) is 3.67. The molecule has 0 bridgehead atoms. The molecular weight excluding hydrogens is 349 g/mol. The number of rotatable bonds is 2. The van der Waals surface area contributed by atoms with Gasteiger partial charge in [-0.05, 0) is 31.2 Å². The summed E-state index contributed by atoms with van der Waals surface area (Å²) in [5, 5.41) is 10.3. The predicted molar refractivity (Wildman–Crippen MR) is 90.0 cm³/mol. The van der Waals surface area contributed by atoms with Crippen molar-refractivity contribution >= 4 is 58.6 Å². The molecule has 0 saturated heterocycles. The molecule has 2 aromatic rings. The number of carboxylic acids is 1. The van der Waals surface area contributed by atoms with Gasteiger partial charge in [0.2, 0.25) is 0 Å². The average molecular weight is 363 g/mol. The minimum atomic E-state index is -1.18. The van der Waals surface area contributed by atoms with E-state index in [4.69, 9.17) is 32.7 Å². The summed E-state index contributed by atoms with van der Waals surface area (Å²) < 4.78 is 5.78. The van der Waals surface area contributed by atoms with Gasteiger partial charge in [-0.1, -0.05) is 23.2 Å². The van der Waals surface area contributed by atoms with Gasteiger partial charge < -0.3 is 14.4 Å². The summed E-state index contributed by atoms with van der Waals surface area (Å²) in [5.41, 5.74) is 2.69. The Labute approximate surface area is 143 Å². The Morgan fingerprint density at radius 3 is 2.82 bits per heavy atom. The summed E-state index contributed by atoms with van der Waals surface area (Å²) in [7, 11) is 2.00. The number of hydrogen-bond donors (Lipinski definition) is 1. The molecule has 7 heteroatoms. The summed E-state index contributed by atoms with van der Waals surface area (Å²) >= 11 is 12.0. The van der Waals surface area contributed by atoms with Gasteiger partial charge in [-0.3, -0.25) is 0 Å². The molecule has 1 aromatic carbocycles. The highest BCUT2D eigenvalue weighted by Gasteiger charge is 2.23. The van der Waals surface area contributed by atoms with Gasteiger partial charge in [-0.25, -0.2) is 4.79 Å². The van der Waals surface area contributed by atoms with Crippen molar-refractivity contribution in [2.45, 2.75) is 13.0 Å². The topological polar surface area (TPSA) is 53.7 Å². The highest BCUT2D eigenvalue weighted by molar-refractivity contribution is 6.43. The van der Waals surface area contributed by atoms with Crippen molar-refractivity contribution in [2.24, 2.45) is 0 Å². The fraction of sp³-hybridized carbons (Fsp3) is 0.267. The molecule has 118 valence electrons. The molecule has 2 heterocycles. The maximum absolute atomic E-state index is 10.9. The number of aliphatic carboxylic acids is 1. The summed E-state index contributed by atoms with van der Waals surface area (Å²) in [6.45, 7) is 1.54. The van der Waals surface area contributed by atoms with Gasteiger partial charge in [0.05, 0.1) is 0 Å². The number of benzene rings is 1. The van der Waals surface area contributed by atoms with Crippen LogP contribution in [0, 0.1) is 0 Å². The Morgan fingerprint density at radius 2 is 2.14 bits per heavy atom. The maximum Gasteiger partial charge on any atom is 0.347 e. The Kier molecular flexibility index (Phi) is 5.07. The summed E-state index contributed by atoms with van der Waals surface area (Å²) in [4.78, 5) is 13.1. The van der Waals surface area contributed by atoms with E-state index in [1.54, 1.807) is 0 Å². The number of carboxylic acid groups (broad SMARTS) is 1. The van der Waals surface area contributed by atoms with E-state index in [1.165, 1.54) is 6.08 Å². The monoisotopic (exact) mass is 361 g/mol. The highest BCUT2D eigenvalue weighted by Crippen LogP contribution is 2.37. The molecule has 22 heavy (non-hydrogen) atoms. The lowest BCUT2D eigenvalue weighted by molar-refractivity contribution is -0.131. The first-order valence-corrected chi connectivity index (χ1v) is 7.24. The fourth-order valence-corrected chi connectivity index (χ4v) is 3.02.